The lowest BCUT2D eigenvalue weighted by Gasteiger charge is -2.30. The van der Waals surface area contributed by atoms with Gasteiger partial charge in [0.1, 0.15) is 0 Å². The zero-order valence-electron chi connectivity index (χ0n) is 12.5. The van der Waals surface area contributed by atoms with Gasteiger partial charge < -0.3 is 10.6 Å². The average molecular weight is 262 g/mol. The van der Waals surface area contributed by atoms with Gasteiger partial charge in [-0.3, -0.25) is 4.79 Å². The van der Waals surface area contributed by atoms with Crippen LogP contribution in [0.3, 0.4) is 0 Å². The smallest absolute Gasteiger partial charge is 0.224 e. The normalized spacial score (nSPS) is 13.1. The maximum absolute atomic E-state index is 12.3. The Labute approximate surface area is 116 Å². The van der Waals surface area contributed by atoms with E-state index in [0.717, 1.165) is 12.1 Å². The lowest BCUT2D eigenvalue weighted by Crippen LogP contribution is -2.39. The molecule has 0 aliphatic heterocycles. The topological polar surface area (TPSA) is 46.3 Å². The third kappa shape index (κ3) is 6.39. The van der Waals surface area contributed by atoms with Crippen molar-refractivity contribution in [1.29, 1.82) is 0 Å². The minimum absolute atomic E-state index is 0.0856. The summed E-state index contributed by atoms with van der Waals surface area (Å²) in [5.41, 5.74) is 6.98. The van der Waals surface area contributed by atoms with Gasteiger partial charge in [-0.25, -0.2) is 0 Å². The number of hydrogen-bond donors (Lipinski definition) is 1. The van der Waals surface area contributed by atoms with E-state index < -0.39 is 0 Å². The first-order valence-corrected chi connectivity index (χ1v) is 6.85. The Kier molecular flexibility index (Phi) is 5.55. The monoisotopic (exact) mass is 262 g/mol. The fourth-order valence-electron chi connectivity index (χ4n) is 2.01. The van der Waals surface area contributed by atoms with Gasteiger partial charge in [0.25, 0.3) is 0 Å². The minimum atomic E-state index is -0.0919. The fourth-order valence-corrected chi connectivity index (χ4v) is 2.01. The van der Waals surface area contributed by atoms with Crippen molar-refractivity contribution < 1.29 is 4.79 Å². The second kappa shape index (κ2) is 6.71. The van der Waals surface area contributed by atoms with E-state index in [2.05, 4.69) is 32.9 Å². The molecule has 0 saturated heterocycles. The number of carbonyl (C=O) groups is 1. The van der Waals surface area contributed by atoms with Crippen LogP contribution in [0.25, 0.3) is 0 Å². The van der Waals surface area contributed by atoms with Crippen molar-refractivity contribution >= 4 is 5.91 Å². The van der Waals surface area contributed by atoms with Crippen molar-refractivity contribution in [3.8, 4) is 0 Å². The Morgan fingerprint density at radius 3 is 2.32 bits per heavy atom. The molecular formula is C16H26N2O. The Morgan fingerprint density at radius 1 is 1.26 bits per heavy atom. The molecule has 3 nitrogen and oxygen atoms in total. The molecule has 3 heteroatoms. The largest absolute Gasteiger partial charge is 0.338 e. The van der Waals surface area contributed by atoms with Gasteiger partial charge in [0, 0.05) is 25.6 Å². The lowest BCUT2D eigenvalue weighted by atomic mass is 9.95. The van der Waals surface area contributed by atoms with Crippen LogP contribution < -0.4 is 5.73 Å². The molecular weight excluding hydrogens is 236 g/mol. The zero-order chi connectivity index (χ0) is 14.5. The Morgan fingerprint density at radius 2 is 1.84 bits per heavy atom. The second-order valence-corrected chi connectivity index (χ2v) is 6.48. The first-order valence-electron chi connectivity index (χ1n) is 6.85. The maximum Gasteiger partial charge on any atom is 0.224 e. The van der Waals surface area contributed by atoms with Gasteiger partial charge in [0.2, 0.25) is 5.91 Å². The summed E-state index contributed by atoms with van der Waals surface area (Å²) in [7, 11) is 0. The van der Waals surface area contributed by atoms with Crippen LogP contribution in [0.1, 0.15) is 39.7 Å². The molecule has 19 heavy (non-hydrogen) atoms. The van der Waals surface area contributed by atoms with Crippen molar-refractivity contribution in [2.75, 3.05) is 6.54 Å². The molecule has 2 N–H and O–H groups in total. The molecule has 0 aliphatic rings. The van der Waals surface area contributed by atoms with E-state index in [9.17, 15) is 4.79 Å². The van der Waals surface area contributed by atoms with Gasteiger partial charge in [-0.05, 0) is 17.9 Å². The molecule has 0 aliphatic carbocycles. The minimum Gasteiger partial charge on any atom is -0.338 e. The van der Waals surface area contributed by atoms with E-state index in [1.54, 1.807) is 0 Å². The molecule has 1 amide bonds. The first kappa shape index (κ1) is 15.7. The van der Waals surface area contributed by atoms with E-state index >= 15 is 0 Å². The summed E-state index contributed by atoms with van der Waals surface area (Å²) in [6.45, 7) is 9.70. The number of nitrogens with two attached hydrogens (primary N) is 1. The fraction of sp³-hybridized carbons (Fsp3) is 0.562. The second-order valence-electron chi connectivity index (χ2n) is 6.48. The van der Waals surface area contributed by atoms with E-state index in [1.165, 1.54) is 0 Å². The Hall–Kier alpha value is -1.35. The van der Waals surface area contributed by atoms with E-state index in [-0.39, 0.29) is 17.4 Å². The van der Waals surface area contributed by atoms with Crippen LogP contribution in [0, 0.1) is 5.41 Å². The summed E-state index contributed by atoms with van der Waals surface area (Å²) < 4.78 is 0. The maximum atomic E-state index is 12.3. The predicted octanol–water partition coefficient (Wildman–Crippen LogP) is 2.80. The highest BCUT2D eigenvalue weighted by Crippen LogP contribution is 2.18. The number of carbonyl (C=O) groups excluding carboxylic acids is 1. The van der Waals surface area contributed by atoms with E-state index in [4.69, 9.17) is 5.73 Å². The molecule has 1 atom stereocenters. The van der Waals surface area contributed by atoms with Gasteiger partial charge in [0.15, 0.2) is 0 Å². The van der Waals surface area contributed by atoms with Crippen LogP contribution in [-0.4, -0.2) is 23.4 Å². The molecule has 0 fully saturated rings. The van der Waals surface area contributed by atoms with Crippen LogP contribution in [0.2, 0.25) is 0 Å². The Bertz CT molecular complexity index is 393. The first-order chi connectivity index (χ1) is 8.78. The highest BCUT2D eigenvalue weighted by Gasteiger charge is 2.21. The summed E-state index contributed by atoms with van der Waals surface area (Å²) in [4.78, 5) is 14.2. The SMILES string of the molecule is CC(N)CC(=O)N(Cc1ccccc1)CC(C)(C)C. The van der Waals surface area contributed by atoms with Crippen LogP contribution in [0.4, 0.5) is 0 Å². The number of rotatable bonds is 5. The molecule has 0 spiro atoms. The van der Waals surface area contributed by atoms with Crippen molar-refractivity contribution in [3.05, 3.63) is 35.9 Å². The molecule has 0 heterocycles. The van der Waals surface area contributed by atoms with Crippen LogP contribution in [-0.2, 0) is 11.3 Å². The van der Waals surface area contributed by atoms with Gasteiger partial charge in [-0.2, -0.15) is 0 Å². The number of benzene rings is 1. The van der Waals surface area contributed by atoms with Gasteiger partial charge in [-0.1, -0.05) is 51.1 Å². The van der Waals surface area contributed by atoms with Crippen molar-refractivity contribution in [2.24, 2.45) is 11.1 Å². The molecule has 1 unspecified atom stereocenters. The van der Waals surface area contributed by atoms with E-state index in [1.807, 2.05) is 30.0 Å². The van der Waals surface area contributed by atoms with Gasteiger partial charge in [-0.15, -0.1) is 0 Å². The van der Waals surface area contributed by atoms with Crippen LogP contribution in [0.5, 0.6) is 0 Å². The van der Waals surface area contributed by atoms with Crippen LogP contribution >= 0.6 is 0 Å². The highest BCUT2D eigenvalue weighted by atomic mass is 16.2. The quantitative estimate of drug-likeness (QED) is 0.887. The summed E-state index contributed by atoms with van der Waals surface area (Å²) in [6, 6.07) is 10.00. The molecule has 0 saturated carbocycles. The van der Waals surface area contributed by atoms with E-state index in [0.29, 0.717) is 13.0 Å². The summed E-state index contributed by atoms with van der Waals surface area (Å²) in [5, 5.41) is 0. The average Bonchev–Trinajstić information content (AvgIpc) is 2.26. The van der Waals surface area contributed by atoms with Gasteiger partial charge in [0.05, 0.1) is 0 Å². The standard InChI is InChI=1S/C16H26N2O/c1-13(17)10-15(19)18(12-16(2,3)4)11-14-8-6-5-7-9-14/h5-9,13H,10-12,17H2,1-4H3. The van der Waals surface area contributed by atoms with Crippen molar-refractivity contribution in [3.63, 3.8) is 0 Å². The van der Waals surface area contributed by atoms with Crippen molar-refractivity contribution in [1.82, 2.24) is 4.90 Å². The predicted molar refractivity (Wildman–Crippen MR) is 79.6 cm³/mol. The molecule has 106 valence electrons. The van der Waals surface area contributed by atoms with Gasteiger partial charge >= 0.3 is 0 Å². The number of nitrogens with zero attached hydrogens (tertiary/aromatic N) is 1. The highest BCUT2D eigenvalue weighted by molar-refractivity contribution is 5.76. The zero-order valence-corrected chi connectivity index (χ0v) is 12.5. The molecule has 0 radical (unpaired) electrons. The number of amides is 1. The molecule has 0 aromatic heterocycles. The summed E-state index contributed by atoms with van der Waals surface area (Å²) in [5.74, 6) is 0.133. The number of hydrogen-bond acceptors (Lipinski definition) is 2. The summed E-state index contributed by atoms with van der Waals surface area (Å²) in [6.07, 6.45) is 0.406. The third-order valence-electron chi connectivity index (χ3n) is 2.73. The molecule has 1 aromatic rings. The van der Waals surface area contributed by atoms with Crippen molar-refractivity contribution in [2.45, 2.75) is 46.7 Å². The lowest BCUT2D eigenvalue weighted by molar-refractivity contribution is -0.133. The molecule has 1 rings (SSSR count). The summed E-state index contributed by atoms with van der Waals surface area (Å²) >= 11 is 0. The molecule has 0 bridgehead atoms. The Balaban J connectivity index is 2.77. The van der Waals surface area contributed by atoms with Crippen LogP contribution in [0.15, 0.2) is 30.3 Å². The molecule has 1 aromatic carbocycles. The third-order valence-corrected chi connectivity index (χ3v) is 2.73.